The summed E-state index contributed by atoms with van der Waals surface area (Å²) in [5, 5.41) is 0. The molecule has 0 aliphatic carbocycles. The van der Waals surface area contributed by atoms with Crippen molar-refractivity contribution < 1.29 is 14.2 Å². The number of nitrogens with one attached hydrogen (secondary N) is 1. The molecule has 0 amide bonds. The second kappa shape index (κ2) is 8.71. The van der Waals surface area contributed by atoms with Gasteiger partial charge in [0.1, 0.15) is 10.5 Å². The van der Waals surface area contributed by atoms with E-state index in [1.165, 1.54) is 0 Å². The molecule has 0 aliphatic rings. The lowest BCUT2D eigenvalue weighted by atomic mass is 10.3. The Morgan fingerprint density at radius 1 is 1.22 bits per heavy atom. The quantitative estimate of drug-likeness (QED) is 0.582. The van der Waals surface area contributed by atoms with Gasteiger partial charge in [-0.2, -0.15) is 0 Å². The van der Waals surface area contributed by atoms with Crippen molar-refractivity contribution in [2.24, 2.45) is 0 Å². The summed E-state index contributed by atoms with van der Waals surface area (Å²) in [6, 6.07) is 0. The first kappa shape index (κ1) is 15.7. The van der Waals surface area contributed by atoms with Crippen LogP contribution in [0.3, 0.4) is 0 Å². The Balaban J connectivity index is 2.58. The van der Waals surface area contributed by atoms with Crippen LogP contribution >= 0.6 is 28.1 Å². The molecule has 18 heavy (non-hydrogen) atoms. The van der Waals surface area contributed by atoms with Crippen molar-refractivity contribution in [2.45, 2.75) is 13.0 Å². The van der Waals surface area contributed by atoms with E-state index in [4.69, 9.17) is 26.4 Å². The summed E-state index contributed by atoms with van der Waals surface area (Å²) < 4.78 is 16.7. The molecule has 0 bridgehead atoms. The summed E-state index contributed by atoms with van der Waals surface area (Å²) in [4.78, 5) is 7.46. The van der Waals surface area contributed by atoms with Gasteiger partial charge in [0.2, 0.25) is 0 Å². The van der Waals surface area contributed by atoms with Crippen molar-refractivity contribution >= 4 is 28.1 Å². The molecule has 0 unspecified atom stereocenters. The van der Waals surface area contributed by atoms with Gasteiger partial charge in [0.15, 0.2) is 0 Å². The molecule has 0 fully saturated rings. The number of methoxy groups -OCH3 is 2. The van der Waals surface area contributed by atoms with Crippen molar-refractivity contribution in [3.05, 3.63) is 20.6 Å². The molecule has 0 saturated carbocycles. The van der Waals surface area contributed by atoms with Gasteiger partial charge in [-0.05, 0) is 15.9 Å². The monoisotopic (exact) mass is 336 g/mol. The van der Waals surface area contributed by atoms with Crippen molar-refractivity contribution in [3.8, 4) is 0 Å². The molecule has 0 saturated heterocycles. The van der Waals surface area contributed by atoms with Crippen LogP contribution in [0, 0.1) is 4.64 Å². The summed E-state index contributed by atoms with van der Waals surface area (Å²) in [5.41, 5.74) is 0.893. The zero-order valence-corrected chi connectivity index (χ0v) is 12.9. The van der Waals surface area contributed by atoms with E-state index in [9.17, 15) is 0 Å². The van der Waals surface area contributed by atoms with Crippen LogP contribution in [0.4, 0.5) is 0 Å². The van der Waals surface area contributed by atoms with Crippen molar-refractivity contribution in [1.29, 1.82) is 0 Å². The lowest BCUT2D eigenvalue weighted by Gasteiger charge is -2.08. The van der Waals surface area contributed by atoms with E-state index in [1.54, 1.807) is 14.2 Å². The molecule has 0 aromatic carbocycles. The first-order valence-electron chi connectivity index (χ1n) is 5.52. The Bertz CT molecular complexity index is 425. The highest BCUT2D eigenvalue weighted by Gasteiger charge is 2.06. The van der Waals surface area contributed by atoms with E-state index in [0.717, 1.165) is 16.0 Å². The van der Waals surface area contributed by atoms with Crippen LogP contribution in [0.25, 0.3) is 0 Å². The highest BCUT2D eigenvalue weighted by molar-refractivity contribution is 9.10. The summed E-state index contributed by atoms with van der Waals surface area (Å²) in [5.74, 6) is 0.799. The van der Waals surface area contributed by atoms with Crippen LogP contribution in [0.15, 0.2) is 4.47 Å². The third-order valence-corrected chi connectivity index (χ3v) is 3.60. The minimum Gasteiger partial charge on any atom is -0.382 e. The van der Waals surface area contributed by atoms with E-state index < -0.39 is 0 Å². The van der Waals surface area contributed by atoms with Gasteiger partial charge in [-0.1, -0.05) is 12.2 Å². The Morgan fingerprint density at radius 2 is 2.00 bits per heavy atom. The van der Waals surface area contributed by atoms with Crippen molar-refractivity contribution in [1.82, 2.24) is 9.97 Å². The number of aromatic nitrogens is 2. The third kappa shape index (κ3) is 5.11. The molecule has 1 heterocycles. The Labute approximate surface area is 120 Å². The summed E-state index contributed by atoms with van der Waals surface area (Å²) >= 11 is 8.56. The van der Waals surface area contributed by atoms with Crippen LogP contribution < -0.4 is 0 Å². The maximum Gasteiger partial charge on any atom is 0.144 e. The lowest BCUT2D eigenvalue weighted by Crippen LogP contribution is -2.09. The molecule has 102 valence electrons. The largest absolute Gasteiger partial charge is 0.382 e. The standard InChI is InChI=1S/C11H17BrN2O3S/c1-15-5-6-17-4-3-9-13-8(7-16-2)10(12)11(18)14-9/h3-7H2,1-2H3,(H,13,14,18). The number of hydrogen-bond donors (Lipinski definition) is 1. The lowest BCUT2D eigenvalue weighted by molar-refractivity contribution is 0.0715. The van der Waals surface area contributed by atoms with Gasteiger partial charge in [-0.25, -0.2) is 4.98 Å². The first-order chi connectivity index (χ1) is 8.69. The molecular formula is C11H17BrN2O3S. The number of H-pyrrole nitrogens is 1. The maximum atomic E-state index is 5.39. The number of hydrogen-bond acceptors (Lipinski definition) is 5. The highest BCUT2D eigenvalue weighted by Crippen LogP contribution is 2.16. The number of ether oxygens (including phenoxy) is 3. The molecule has 0 radical (unpaired) electrons. The van der Waals surface area contributed by atoms with Crippen molar-refractivity contribution in [2.75, 3.05) is 34.0 Å². The smallest absolute Gasteiger partial charge is 0.144 e. The Morgan fingerprint density at radius 3 is 2.67 bits per heavy atom. The number of nitrogens with zero attached hydrogens (tertiary/aromatic N) is 1. The average Bonchev–Trinajstić information content (AvgIpc) is 2.35. The minimum absolute atomic E-state index is 0.463. The SMILES string of the molecule is COCCOCCc1nc(=S)c(Br)c(COC)[nH]1. The van der Waals surface area contributed by atoms with Crippen LogP contribution in [0.5, 0.6) is 0 Å². The predicted octanol–water partition coefficient (Wildman–Crippen LogP) is 2.25. The fraction of sp³-hybridized carbons (Fsp3) is 0.636. The predicted molar refractivity (Wildman–Crippen MR) is 74.2 cm³/mol. The van der Waals surface area contributed by atoms with Gasteiger partial charge >= 0.3 is 0 Å². The van der Waals surface area contributed by atoms with Crippen molar-refractivity contribution in [3.63, 3.8) is 0 Å². The molecule has 1 aromatic heterocycles. The molecule has 0 aliphatic heterocycles. The number of aromatic amines is 1. The molecule has 1 rings (SSSR count). The molecule has 5 nitrogen and oxygen atoms in total. The van der Waals surface area contributed by atoms with Crippen LogP contribution in [-0.4, -0.2) is 44.0 Å². The number of halogens is 1. The second-order valence-corrected chi connectivity index (χ2v) is 4.75. The van der Waals surface area contributed by atoms with Gasteiger partial charge in [0.05, 0.1) is 36.6 Å². The maximum absolute atomic E-state index is 5.39. The molecule has 1 aromatic rings. The van der Waals surface area contributed by atoms with Gasteiger partial charge in [-0.3, -0.25) is 0 Å². The molecule has 0 atom stereocenters. The normalized spacial score (nSPS) is 10.8. The summed E-state index contributed by atoms with van der Waals surface area (Å²) in [6.45, 7) is 2.22. The van der Waals surface area contributed by atoms with Crippen LogP contribution in [0.1, 0.15) is 11.5 Å². The zero-order valence-electron chi connectivity index (χ0n) is 10.5. The second-order valence-electron chi connectivity index (χ2n) is 3.57. The van der Waals surface area contributed by atoms with E-state index >= 15 is 0 Å². The third-order valence-electron chi connectivity index (χ3n) is 2.19. The number of rotatable bonds is 8. The zero-order chi connectivity index (χ0) is 13.4. The summed E-state index contributed by atoms with van der Waals surface area (Å²) in [7, 11) is 3.28. The Kier molecular flexibility index (Phi) is 7.60. The van der Waals surface area contributed by atoms with Gasteiger partial charge in [0, 0.05) is 20.6 Å². The van der Waals surface area contributed by atoms with E-state index in [0.29, 0.717) is 37.5 Å². The first-order valence-corrected chi connectivity index (χ1v) is 6.72. The summed E-state index contributed by atoms with van der Waals surface area (Å²) in [6.07, 6.45) is 0.678. The fourth-order valence-corrected chi connectivity index (χ4v) is 1.87. The van der Waals surface area contributed by atoms with E-state index in [2.05, 4.69) is 25.9 Å². The molecule has 1 N–H and O–H groups in total. The van der Waals surface area contributed by atoms with Gasteiger partial charge in [-0.15, -0.1) is 0 Å². The van der Waals surface area contributed by atoms with Crippen LogP contribution in [0.2, 0.25) is 0 Å². The van der Waals surface area contributed by atoms with Gasteiger partial charge in [0.25, 0.3) is 0 Å². The van der Waals surface area contributed by atoms with Crippen LogP contribution in [-0.2, 0) is 27.2 Å². The van der Waals surface area contributed by atoms with Gasteiger partial charge < -0.3 is 19.2 Å². The minimum atomic E-state index is 0.463. The van der Waals surface area contributed by atoms with E-state index in [-0.39, 0.29) is 0 Å². The average molecular weight is 337 g/mol. The fourth-order valence-electron chi connectivity index (χ4n) is 1.33. The molecule has 7 heteroatoms. The molecule has 0 spiro atoms. The highest BCUT2D eigenvalue weighted by atomic mass is 79.9. The Hall–Kier alpha value is -0.340. The topological polar surface area (TPSA) is 56.4 Å². The van der Waals surface area contributed by atoms with E-state index in [1.807, 2.05) is 0 Å². The molecular weight excluding hydrogens is 320 g/mol.